The van der Waals surface area contributed by atoms with Crippen LogP contribution in [0.3, 0.4) is 0 Å². The fraction of sp³-hybridized carbons (Fsp3) is 0.529. The topological polar surface area (TPSA) is 36.1 Å². The van der Waals surface area contributed by atoms with Gasteiger partial charge in [-0.1, -0.05) is 49.8 Å². The van der Waals surface area contributed by atoms with Crippen LogP contribution >= 0.6 is 0 Å². The van der Waals surface area contributed by atoms with E-state index in [4.69, 9.17) is 13.1 Å². The molecule has 20 heavy (non-hydrogen) atoms. The third kappa shape index (κ3) is 3.51. The maximum atomic E-state index is 9.00. The van der Waals surface area contributed by atoms with Gasteiger partial charge >= 0.3 is 0 Å². The van der Waals surface area contributed by atoms with E-state index in [1.807, 2.05) is 31.3 Å². The quantitative estimate of drug-likeness (QED) is 0.468. The Morgan fingerprint density at radius 3 is 2.70 bits per heavy atom. The van der Waals surface area contributed by atoms with Gasteiger partial charge in [0.2, 0.25) is 6.19 Å². The average molecular weight is 264 g/mol. The fourth-order valence-corrected chi connectivity index (χ4v) is 3.19. The van der Waals surface area contributed by atoms with Crippen LogP contribution in [0.2, 0.25) is 0 Å². The number of aliphatic imine (C=N–C) groups is 1. The molecule has 1 aliphatic rings. The van der Waals surface area contributed by atoms with Crippen molar-refractivity contribution in [3.8, 4) is 6.19 Å². The molecule has 0 saturated heterocycles. The van der Waals surface area contributed by atoms with Gasteiger partial charge in [0.1, 0.15) is 7.85 Å². The maximum Gasteiger partial charge on any atom is 0.205 e. The number of nitrogens with zero attached hydrogens (tertiary/aromatic N) is 2. The van der Waals surface area contributed by atoms with Crippen LogP contribution in [-0.2, 0) is 0 Å². The van der Waals surface area contributed by atoms with Gasteiger partial charge in [0.05, 0.1) is 5.71 Å². The van der Waals surface area contributed by atoms with E-state index < -0.39 is 0 Å². The molecule has 1 fully saturated rings. The van der Waals surface area contributed by atoms with E-state index in [1.54, 1.807) is 0 Å². The number of hydrogen-bond donors (Lipinski definition) is 0. The van der Waals surface area contributed by atoms with E-state index in [2.05, 4.69) is 11.9 Å². The molecule has 0 amide bonds. The van der Waals surface area contributed by atoms with Gasteiger partial charge in [-0.3, -0.25) is 0 Å². The van der Waals surface area contributed by atoms with Crippen molar-refractivity contribution in [3.63, 3.8) is 0 Å². The van der Waals surface area contributed by atoms with E-state index in [-0.39, 0.29) is 5.41 Å². The number of aryl methyl sites for hydroxylation is 1. The molecule has 3 heteroatoms. The van der Waals surface area contributed by atoms with Crippen molar-refractivity contribution in [3.05, 3.63) is 29.3 Å². The summed E-state index contributed by atoms with van der Waals surface area (Å²) in [4.78, 5) is 4.10. The second kappa shape index (κ2) is 6.26. The van der Waals surface area contributed by atoms with Crippen molar-refractivity contribution in [2.75, 3.05) is 0 Å². The molecule has 0 bridgehead atoms. The molecular weight excluding hydrogens is 243 g/mol. The average Bonchev–Trinajstić information content (AvgIpc) is 2.42. The van der Waals surface area contributed by atoms with Crippen molar-refractivity contribution in [1.29, 1.82) is 5.26 Å². The summed E-state index contributed by atoms with van der Waals surface area (Å²) in [6.07, 6.45) is 9.17. The normalized spacial score (nSPS) is 18.6. The largest absolute Gasteiger partial charge is 0.205 e. The van der Waals surface area contributed by atoms with Gasteiger partial charge in [0.15, 0.2) is 0 Å². The molecule has 1 aromatic carbocycles. The minimum Gasteiger partial charge on any atom is -0.178 e. The van der Waals surface area contributed by atoms with Gasteiger partial charge in [-0.05, 0) is 42.7 Å². The van der Waals surface area contributed by atoms with Crippen LogP contribution in [0.25, 0.3) is 0 Å². The molecular formula is C17H21BN2. The molecule has 2 rings (SSSR count). The molecule has 1 saturated carbocycles. The summed E-state index contributed by atoms with van der Waals surface area (Å²) in [6, 6.07) is 5.84. The van der Waals surface area contributed by atoms with Crippen molar-refractivity contribution in [1.82, 2.24) is 0 Å². The summed E-state index contributed by atoms with van der Waals surface area (Å²) in [5.74, 6) is 0. The van der Waals surface area contributed by atoms with Gasteiger partial charge in [-0.15, -0.1) is 0 Å². The third-order valence-corrected chi connectivity index (χ3v) is 4.41. The van der Waals surface area contributed by atoms with Gasteiger partial charge in [-0.25, -0.2) is 0 Å². The highest BCUT2D eigenvalue weighted by molar-refractivity contribution is 6.32. The van der Waals surface area contributed by atoms with Crippen molar-refractivity contribution in [2.45, 2.75) is 52.4 Å². The predicted molar refractivity (Wildman–Crippen MR) is 84.5 cm³/mol. The predicted octanol–water partition coefficient (Wildman–Crippen LogP) is 3.42. The first kappa shape index (κ1) is 14.8. The van der Waals surface area contributed by atoms with Crippen LogP contribution in [0, 0.1) is 23.8 Å². The van der Waals surface area contributed by atoms with Crippen LogP contribution in [0.15, 0.2) is 23.2 Å². The van der Waals surface area contributed by atoms with Gasteiger partial charge in [0, 0.05) is 0 Å². The molecule has 0 spiro atoms. The molecule has 1 aromatic rings. The highest BCUT2D eigenvalue weighted by atomic mass is 14.7. The summed E-state index contributed by atoms with van der Waals surface area (Å²) in [6.45, 7) is 4.37. The Morgan fingerprint density at radius 2 is 2.05 bits per heavy atom. The second-order valence-corrected chi connectivity index (χ2v) is 6.28. The molecule has 2 radical (unpaired) electrons. The minimum atomic E-state index is 0.269. The van der Waals surface area contributed by atoms with Crippen LogP contribution in [0.4, 0.5) is 0 Å². The van der Waals surface area contributed by atoms with Crippen molar-refractivity contribution >= 4 is 19.0 Å². The van der Waals surface area contributed by atoms with E-state index in [1.165, 1.54) is 32.1 Å². The zero-order valence-electron chi connectivity index (χ0n) is 12.4. The maximum absolute atomic E-state index is 9.00. The SMILES string of the molecule is [B]c1ccc(C)c(C(CC2(C)CCCCC2)=NC#N)c1. The van der Waals surface area contributed by atoms with Crippen LogP contribution in [-0.4, -0.2) is 13.6 Å². The molecule has 0 unspecified atom stereocenters. The lowest BCUT2D eigenvalue weighted by Gasteiger charge is -2.34. The van der Waals surface area contributed by atoms with Gasteiger partial charge in [0.25, 0.3) is 0 Å². The minimum absolute atomic E-state index is 0.269. The Bertz CT molecular complexity index is 549. The smallest absolute Gasteiger partial charge is 0.178 e. The molecule has 0 aliphatic heterocycles. The Morgan fingerprint density at radius 1 is 1.35 bits per heavy atom. The zero-order chi connectivity index (χ0) is 14.6. The van der Waals surface area contributed by atoms with Crippen LogP contribution in [0.5, 0.6) is 0 Å². The lowest BCUT2D eigenvalue weighted by Crippen LogP contribution is -2.25. The van der Waals surface area contributed by atoms with E-state index in [9.17, 15) is 0 Å². The Kier molecular flexibility index (Phi) is 4.65. The second-order valence-electron chi connectivity index (χ2n) is 6.28. The summed E-state index contributed by atoms with van der Waals surface area (Å²) in [5, 5.41) is 9.00. The van der Waals surface area contributed by atoms with Crippen LogP contribution in [0.1, 0.15) is 56.6 Å². The zero-order valence-corrected chi connectivity index (χ0v) is 12.4. The monoisotopic (exact) mass is 264 g/mol. The van der Waals surface area contributed by atoms with E-state index in [0.29, 0.717) is 0 Å². The first-order valence-electron chi connectivity index (χ1n) is 7.36. The summed E-state index contributed by atoms with van der Waals surface area (Å²) in [5.41, 5.74) is 4.04. The third-order valence-electron chi connectivity index (χ3n) is 4.41. The van der Waals surface area contributed by atoms with E-state index in [0.717, 1.165) is 28.7 Å². The first-order valence-corrected chi connectivity index (χ1v) is 7.36. The van der Waals surface area contributed by atoms with Crippen molar-refractivity contribution in [2.24, 2.45) is 10.4 Å². The molecule has 0 atom stereocenters. The van der Waals surface area contributed by atoms with Crippen LogP contribution < -0.4 is 5.46 Å². The molecule has 0 aromatic heterocycles. The molecule has 0 heterocycles. The summed E-state index contributed by atoms with van der Waals surface area (Å²) >= 11 is 0. The number of rotatable bonds is 3. The number of benzene rings is 1. The molecule has 2 nitrogen and oxygen atoms in total. The Labute approximate surface area is 123 Å². The number of hydrogen-bond acceptors (Lipinski definition) is 2. The Hall–Kier alpha value is -1.56. The van der Waals surface area contributed by atoms with Gasteiger partial charge < -0.3 is 0 Å². The highest BCUT2D eigenvalue weighted by Crippen LogP contribution is 2.39. The van der Waals surface area contributed by atoms with Gasteiger partial charge in [-0.2, -0.15) is 10.3 Å². The lowest BCUT2D eigenvalue weighted by atomic mass is 9.71. The highest BCUT2D eigenvalue weighted by Gasteiger charge is 2.29. The molecule has 1 aliphatic carbocycles. The summed E-state index contributed by atoms with van der Waals surface area (Å²) < 4.78 is 0. The Balaban J connectivity index is 2.30. The van der Waals surface area contributed by atoms with E-state index >= 15 is 0 Å². The fourth-order valence-electron chi connectivity index (χ4n) is 3.19. The molecule has 102 valence electrons. The lowest BCUT2D eigenvalue weighted by molar-refractivity contribution is 0.226. The summed E-state index contributed by atoms with van der Waals surface area (Å²) in [7, 11) is 5.89. The standard InChI is InChI=1S/C17H21BN2/c1-13-6-7-14(18)10-15(13)16(20-12-19)11-17(2)8-4-3-5-9-17/h6-7,10H,3-5,8-9,11H2,1-2H3. The first-order chi connectivity index (χ1) is 9.54. The number of nitriles is 1. The van der Waals surface area contributed by atoms with Crippen molar-refractivity contribution < 1.29 is 0 Å². The molecule has 0 N–H and O–H groups in total.